The molecule has 2 aliphatic rings. The van der Waals surface area contributed by atoms with Crippen LogP contribution in [0.15, 0.2) is 30.3 Å². The van der Waals surface area contributed by atoms with E-state index in [1.165, 1.54) is 0 Å². The van der Waals surface area contributed by atoms with Gasteiger partial charge < -0.3 is 9.64 Å². The fraction of sp³-hybridized carbons (Fsp3) is 0.609. The van der Waals surface area contributed by atoms with Gasteiger partial charge in [-0.15, -0.1) is 0 Å². The molecule has 0 N–H and O–H groups in total. The lowest BCUT2D eigenvalue weighted by atomic mass is 9.82. The number of carbonyl (C=O) groups is 3. The van der Waals surface area contributed by atoms with Crippen LogP contribution in [0.2, 0.25) is 0 Å². The molecule has 1 aromatic rings. The van der Waals surface area contributed by atoms with Crippen molar-refractivity contribution in [1.82, 2.24) is 4.90 Å². The summed E-state index contributed by atoms with van der Waals surface area (Å²) in [5.74, 6) is -0.346. The van der Waals surface area contributed by atoms with Gasteiger partial charge in [-0.2, -0.15) is 0 Å². The van der Waals surface area contributed by atoms with E-state index in [4.69, 9.17) is 4.74 Å². The van der Waals surface area contributed by atoms with Crippen LogP contribution < -0.4 is 0 Å². The zero-order valence-electron chi connectivity index (χ0n) is 16.9. The summed E-state index contributed by atoms with van der Waals surface area (Å²) >= 11 is 0. The van der Waals surface area contributed by atoms with Gasteiger partial charge in [0.05, 0.1) is 13.2 Å². The van der Waals surface area contributed by atoms with Crippen LogP contribution in [0.1, 0.15) is 45.1 Å². The van der Waals surface area contributed by atoms with Gasteiger partial charge in [0.25, 0.3) is 0 Å². The van der Waals surface area contributed by atoms with E-state index in [1.54, 1.807) is 13.8 Å². The van der Waals surface area contributed by atoms with Gasteiger partial charge in [0.1, 0.15) is 11.6 Å². The number of likely N-dealkylation sites (tertiary alicyclic amines) is 1. The quantitative estimate of drug-likeness (QED) is 0.689. The van der Waals surface area contributed by atoms with Crippen molar-refractivity contribution in [2.45, 2.75) is 46.1 Å². The molecule has 0 aromatic heterocycles. The van der Waals surface area contributed by atoms with Crippen molar-refractivity contribution < 1.29 is 19.1 Å². The largest absolute Gasteiger partial charge is 0.376 e. The second-order valence-corrected chi connectivity index (χ2v) is 8.29. The Labute approximate surface area is 167 Å². The summed E-state index contributed by atoms with van der Waals surface area (Å²) in [5.41, 5.74) is 1.08. The Balaban J connectivity index is 1.71. The summed E-state index contributed by atoms with van der Waals surface area (Å²) in [4.78, 5) is 39.3. The summed E-state index contributed by atoms with van der Waals surface area (Å²) in [6, 6.07) is 9.91. The molecule has 5 heteroatoms. The minimum atomic E-state index is -0.231. The van der Waals surface area contributed by atoms with Crippen LogP contribution in [0.25, 0.3) is 0 Å². The highest BCUT2D eigenvalue weighted by Crippen LogP contribution is 2.45. The Hall–Kier alpha value is -2.01. The van der Waals surface area contributed by atoms with E-state index >= 15 is 0 Å². The maximum atomic E-state index is 12.8. The molecule has 5 nitrogen and oxygen atoms in total. The van der Waals surface area contributed by atoms with Crippen LogP contribution in [0.3, 0.4) is 0 Å². The molecule has 1 aliphatic heterocycles. The summed E-state index contributed by atoms with van der Waals surface area (Å²) in [6.45, 7) is 5.67. The Kier molecular flexibility index (Phi) is 7.00. The molecule has 0 spiro atoms. The van der Waals surface area contributed by atoms with Crippen LogP contribution >= 0.6 is 0 Å². The fourth-order valence-corrected chi connectivity index (χ4v) is 4.87. The predicted octanol–water partition coefficient (Wildman–Crippen LogP) is 3.26. The molecule has 2 fully saturated rings. The van der Waals surface area contributed by atoms with E-state index < -0.39 is 0 Å². The zero-order chi connectivity index (χ0) is 20.1. The standard InChI is InChI=1S/C23H31NO4/c1-16(25)19-12-20(17(2)26)22(15-28-14-18-8-4-3-5-9-18)21(19)13-23(27)24-10-6-7-11-24/h3-5,8-9,19-22H,6-7,10-15H2,1-2H3/t19-,20+,21+,22+/m1/s1. The third-order valence-corrected chi connectivity index (χ3v) is 6.43. The average molecular weight is 386 g/mol. The number of carbonyl (C=O) groups excluding carboxylic acids is 3. The SMILES string of the molecule is CC(=O)[C@H]1C[C@@H](C(C)=O)[C@H](COCc2ccccc2)[C@H]1CC(=O)N1CCCC1. The maximum Gasteiger partial charge on any atom is 0.222 e. The van der Waals surface area contributed by atoms with Crippen LogP contribution in [0, 0.1) is 23.7 Å². The topological polar surface area (TPSA) is 63.7 Å². The van der Waals surface area contributed by atoms with Crippen molar-refractivity contribution in [3.05, 3.63) is 35.9 Å². The number of ether oxygens (including phenoxy) is 1. The molecule has 1 heterocycles. The third kappa shape index (κ3) is 4.88. The van der Waals surface area contributed by atoms with E-state index in [2.05, 4.69) is 0 Å². The van der Waals surface area contributed by atoms with E-state index in [0.29, 0.717) is 26.1 Å². The molecule has 4 atom stereocenters. The smallest absolute Gasteiger partial charge is 0.222 e. The van der Waals surface area contributed by atoms with Crippen LogP contribution in [-0.4, -0.2) is 42.1 Å². The van der Waals surface area contributed by atoms with Gasteiger partial charge in [0.2, 0.25) is 5.91 Å². The van der Waals surface area contributed by atoms with Crippen molar-refractivity contribution in [2.24, 2.45) is 23.7 Å². The Bertz CT molecular complexity index is 696. The third-order valence-electron chi connectivity index (χ3n) is 6.43. The first-order chi connectivity index (χ1) is 13.5. The predicted molar refractivity (Wildman–Crippen MR) is 106 cm³/mol. The monoisotopic (exact) mass is 385 g/mol. The van der Waals surface area contributed by atoms with Crippen LogP contribution in [0.4, 0.5) is 0 Å². The molecule has 1 aliphatic carbocycles. The molecule has 0 unspecified atom stereocenters. The average Bonchev–Trinajstić information content (AvgIpc) is 3.31. The number of amides is 1. The summed E-state index contributed by atoms with van der Waals surface area (Å²) in [5, 5.41) is 0. The van der Waals surface area contributed by atoms with Gasteiger partial charge in [-0.3, -0.25) is 14.4 Å². The molecule has 1 aromatic carbocycles. The number of hydrogen-bond acceptors (Lipinski definition) is 4. The van der Waals surface area contributed by atoms with Gasteiger partial charge >= 0.3 is 0 Å². The number of Topliss-reactive ketones (excluding diaryl/α,β-unsaturated/α-hetero) is 2. The number of hydrogen-bond donors (Lipinski definition) is 0. The first kappa shape index (κ1) is 20.7. The molecule has 0 radical (unpaired) electrons. The number of nitrogens with zero attached hydrogens (tertiary/aromatic N) is 1. The second-order valence-electron chi connectivity index (χ2n) is 8.29. The molecule has 1 amide bonds. The Morgan fingerprint density at radius 1 is 0.964 bits per heavy atom. The van der Waals surface area contributed by atoms with Crippen LogP contribution in [-0.2, 0) is 25.7 Å². The van der Waals surface area contributed by atoms with E-state index in [0.717, 1.165) is 31.5 Å². The highest BCUT2D eigenvalue weighted by atomic mass is 16.5. The Morgan fingerprint density at radius 2 is 1.57 bits per heavy atom. The normalized spacial score (nSPS) is 27.1. The summed E-state index contributed by atoms with van der Waals surface area (Å²) in [6.07, 6.45) is 2.98. The highest BCUT2D eigenvalue weighted by Gasteiger charge is 2.48. The lowest BCUT2D eigenvalue weighted by Gasteiger charge is -2.27. The number of ketones is 2. The van der Waals surface area contributed by atoms with Gasteiger partial charge in [0.15, 0.2) is 0 Å². The molecule has 3 rings (SSSR count). The first-order valence-electron chi connectivity index (χ1n) is 10.4. The van der Waals surface area contributed by atoms with Gasteiger partial charge in [-0.25, -0.2) is 0 Å². The van der Waals surface area contributed by atoms with Crippen molar-refractivity contribution in [3.63, 3.8) is 0 Å². The van der Waals surface area contributed by atoms with Crippen molar-refractivity contribution in [3.8, 4) is 0 Å². The minimum absolute atomic E-state index is 0.0797. The molecular formula is C23H31NO4. The number of benzene rings is 1. The lowest BCUT2D eigenvalue weighted by Crippen LogP contribution is -2.34. The van der Waals surface area contributed by atoms with Gasteiger partial charge in [-0.1, -0.05) is 30.3 Å². The zero-order valence-corrected chi connectivity index (χ0v) is 16.9. The fourth-order valence-electron chi connectivity index (χ4n) is 4.87. The van der Waals surface area contributed by atoms with Crippen molar-refractivity contribution in [1.29, 1.82) is 0 Å². The molecule has 28 heavy (non-hydrogen) atoms. The maximum absolute atomic E-state index is 12.8. The van der Waals surface area contributed by atoms with E-state index in [1.807, 2.05) is 35.2 Å². The van der Waals surface area contributed by atoms with Crippen molar-refractivity contribution >= 4 is 17.5 Å². The Morgan fingerprint density at radius 3 is 2.18 bits per heavy atom. The minimum Gasteiger partial charge on any atom is -0.376 e. The van der Waals surface area contributed by atoms with Gasteiger partial charge in [-0.05, 0) is 50.5 Å². The lowest BCUT2D eigenvalue weighted by molar-refractivity contribution is -0.133. The molecule has 152 valence electrons. The summed E-state index contributed by atoms with van der Waals surface area (Å²) in [7, 11) is 0. The second kappa shape index (κ2) is 9.46. The molecule has 1 saturated heterocycles. The number of rotatable bonds is 8. The summed E-state index contributed by atoms with van der Waals surface area (Å²) < 4.78 is 5.96. The van der Waals surface area contributed by atoms with Crippen LogP contribution in [0.5, 0.6) is 0 Å². The molecular weight excluding hydrogens is 354 g/mol. The highest BCUT2D eigenvalue weighted by molar-refractivity contribution is 5.85. The molecule has 0 bridgehead atoms. The van der Waals surface area contributed by atoms with E-state index in [-0.39, 0.29) is 41.1 Å². The molecule has 1 saturated carbocycles. The van der Waals surface area contributed by atoms with E-state index in [9.17, 15) is 14.4 Å². The van der Waals surface area contributed by atoms with Gasteiger partial charge in [0, 0.05) is 31.3 Å². The first-order valence-corrected chi connectivity index (χ1v) is 10.4. The van der Waals surface area contributed by atoms with Crippen molar-refractivity contribution in [2.75, 3.05) is 19.7 Å².